The van der Waals surface area contributed by atoms with E-state index in [4.69, 9.17) is 22.1 Å². The largest absolute Gasteiger partial charge is 0.494 e. The molecule has 2 aromatic rings. The number of methoxy groups -OCH3 is 1. The number of amides is 4. The van der Waals surface area contributed by atoms with Crippen LogP contribution >= 0.6 is 11.6 Å². The highest BCUT2D eigenvalue weighted by Gasteiger charge is 2.30. The molecule has 2 aromatic carbocycles. The summed E-state index contributed by atoms with van der Waals surface area (Å²) in [6.45, 7) is 0.336. The average Bonchev–Trinajstić information content (AvgIpc) is 3.71. The number of nitrogens with one attached hydrogen (secondary N) is 3. The Morgan fingerprint density at radius 3 is 2.41 bits per heavy atom. The SMILES string of the molecule is COc1cc(NC(=O)/N=C(\N)c2cc(CNC(=O)C3CC3)ccc2Cl)ccc1NC(=O)C1CC1. The van der Waals surface area contributed by atoms with E-state index in [0.29, 0.717) is 34.3 Å². The van der Waals surface area contributed by atoms with E-state index in [9.17, 15) is 14.4 Å². The quantitative estimate of drug-likeness (QED) is 0.335. The molecule has 2 aliphatic rings. The van der Waals surface area contributed by atoms with E-state index in [1.807, 2.05) is 0 Å². The number of anilines is 2. The van der Waals surface area contributed by atoms with Crippen LogP contribution in [-0.4, -0.2) is 30.8 Å². The molecule has 4 rings (SSSR count). The fourth-order valence-electron chi connectivity index (χ4n) is 3.33. The van der Waals surface area contributed by atoms with E-state index in [1.54, 1.807) is 36.4 Å². The summed E-state index contributed by atoms with van der Waals surface area (Å²) in [7, 11) is 1.48. The van der Waals surface area contributed by atoms with Crippen molar-refractivity contribution in [3.8, 4) is 5.75 Å². The number of rotatable bonds is 8. The summed E-state index contributed by atoms with van der Waals surface area (Å²) in [6, 6.07) is 9.29. The van der Waals surface area contributed by atoms with Gasteiger partial charge in [-0.25, -0.2) is 4.79 Å². The summed E-state index contributed by atoms with van der Waals surface area (Å²) in [5, 5.41) is 8.67. The lowest BCUT2D eigenvalue weighted by molar-refractivity contribution is -0.122. The van der Waals surface area contributed by atoms with Crippen molar-refractivity contribution in [1.82, 2.24) is 5.32 Å². The Morgan fingerprint density at radius 1 is 1.03 bits per heavy atom. The van der Waals surface area contributed by atoms with Gasteiger partial charge in [-0.3, -0.25) is 9.59 Å². The smallest absolute Gasteiger partial charge is 0.347 e. The summed E-state index contributed by atoms with van der Waals surface area (Å²) in [5.74, 6) is 0.515. The van der Waals surface area contributed by atoms with Gasteiger partial charge in [-0.1, -0.05) is 17.7 Å². The first-order valence-corrected chi connectivity index (χ1v) is 11.4. The molecule has 0 bridgehead atoms. The van der Waals surface area contributed by atoms with E-state index in [0.717, 1.165) is 31.2 Å². The zero-order valence-electron chi connectivity index (χ0n) is 18.7. The van der Waals surface area contributed by atoms with Gasteiger partial charge in [0.1, 0.15) is 11.6 Å². The molecule has 178 valence electrons. The minimum atomic E-state index is -0.696. The fraction of sp³-hybridized carbons (Fsp3) is 0.333. The summed E-state index contributed by atoms with van der Waals surface area (Å²) in [4.78, 5) is 40.2. The Bertz CT molecular complexity index is 1160. The second-order valence-electron chi connectivity index (χ2n) is 8.41. The zero-order valence-corrected chi connectivity index (χ0v) is 19.4. The van der Waals surface area contributed by atoms with Gasteiger partial charge in [0.05, 0.1) is 17.8 Å². The summed E-state index contributed by atoms with van der Waals surface area (Å²) in [5.41, 5.74) is 8.18. The minimum absolute atomic E-state index is 0.0334. The van der Waals surface area contributed by atoms with Gasteiger partial charge in [0.25, 0.3) is 0 Å². The molecule has 9 nitrogen and oxygen atoms in total. The predicted molar refractivity (Wildman–Crippen MR) is 130 cm³/mol. The maximum absolute atomic E-state index is 12.5. The highest BCUT2D eigenvalue weighted by molar-refractivity contribution is 6.34. The number of carbonyl (C=O) groups excluding carboxylic acids is 3. The van der Waals surface area contributed by atoms with Crippen LogP contribution in [0.3, 0.4) is 0 Å². The van der Waals surface area contributed by atoms with Crippen LogP contribution in [0.25, 0.3) is 0 Å². The van der Waals surface area contributed by atoms with Crippen molar-refractivity contribution < 1.29 is 19.1 Å². The summed E-state index contributed by atoms with van der Waals surface area (Å²) < 4.78 is 5.33. The van der Waals surface area contributed by atoms with Crippen molar-refractivity contribution in [3.05, 3.63) is 52.5 Å². The number of hydrogen-bond donors (Lipinski definition) is 4. The van der Waals surface area contributed by atoms with E-state index >= 15 is 0 Å². The number of hydrogen-bond acceptors (Lipinski definition) is 4. The van der Waals surface area contributed by atoms with Gasteiger partial charge in [-0.05, 0) is 55.5 Å². The van der Waals surface area contributed by atoms with Gasteiger partial charge in [-0.15, -0.1) is 0 Å². The van der Waals surface area contributed by atoms with Gasteiger partial charge in [0.15, 0.2) is 0 Å². The van der Waals surface area contributed by atoms with Crippen LogP contribution in [0.5, 0.6) is 5.75 Å². The summed E-state index contributed by atoms with van der Waals surface area (Å²) in [6.07, 6.45) is 3.64. The van der Waals surface area contributed by atoms with Crippen LogP contribution in [0.4, 0.5) is 16.2 Å². The van der Waals surface area contributed by atoms with Crippen molar-refractivity contribution >= 4 is 46.7 Å². The third-order valence-electron chi connectivity index (χ3n) is 5.60. The van der Waals surface area contributed by atoms with E-state index < -0.39 is 6.03 Å². The number of amidine groups is 1. The second kappa shape index (κ2) is 10.1. The highest BCUT2D eigenvalue weighted by Crippen LogP contribution is 2.33. The Labute approximate surface area is 202 Å². The topological polar surface area (TPSA) is 135 Å². The van der Waals surface area contributed by atoms with Crippen LogP contribution in [0.2, 0.25) is 5.02 Å². The normalized spacial score (nSPS) is 15.4. The molecule has 0 atom stereocenters. The summed E-state index contributed by atoms with van der Waals surface area (Å²) >= 11 is 6.25. The molecule has 0 heterocycles. The lowest BCUT2D eigenvalue weighted by atomic mass is 10.1. The number of aliphatic imine (C=N–C) groups is 1. The Kier molecular flexibility index (Phi) is 7.02. The number of nitrogens with two attached hydrogens (primary N) is 1. The third kappa shape index (κ3) is 6.05. The maximum atomic E-state index is 12.5. The molecular weight excluding hydrogens is 458 g/mol. The van der Waals surface area contributed by atoms with Gasteiger partial charge >= 0.3 is 6.03 Å². The number of nitrogens with zero attached hydrogens (tertiary/aromatic N) is 1. The molecule has 0 aromatic heterocycles. The highest BCUT2D eigenvalue weighted by atomic mass is 35.5. The number of carbonyl (C=O) groups is 3. The average molecular weight is 484 g/mol. The van der Waals surface area contributed by atoms with Crippen molar-refractivity contribution in [1.29, 1.82) is 0 Å². The van der Waals surface area contributed by atoms with Gasteiger partial charge < -0.3 is 26.4 Å². The zero-order chi connectivity index (χ0) is 24.2. The molecule has 34 heavy (non-hydrogen) atoms. The Hall–Kier alpha value is -3.59. The Balaban J connectivity index is 1.41. The maximum Gasteiger partial charge on any atom is 0.347 e. The molecule has 4 amide bonds. The molecule has 0 aliphatic heterocycles. The molecule has 2 fully saturated rings. The molecule has 2 aliphatic carbocycles. The number of ether oxygens (including phenoxy) is 1. The second-order valence-corrected chi connectivity index (χ2v) is 8.82. The van der Waals surface area contributed by atoms with Gasteiger partial charge in [0, 0.05) is 35.7 Å². The standard InChI is InChI=1S/C24H26ClN5O4/c1-34-20-11-16(7-9-19(20)29-23(32)15-5-6-15)28-24(33)30-21(26)17-10-13(2-8-18(17)25)12-27-22(31)14-3-4-14/h2,7-11,14-15H,3-6,12H2,1H3,(H,27,31)(H,29,32)(H3,26,28,30,33). The minimum Gasteiger partial charge on any atom is -0.494 e. The molecule has 5 N–H and O–H groups in total. The first kappa shape index (κ1) is 23.6. The molecule has 0 radical (unpaired) electrons. The molecule has 10 heteroatoms. The van der Waals surface area contributed by atoms with Crippen LogP contribution in [0, 0.1) is 11.8 Å². The fourth-order valence-corrected chi connectivity index (χ4v) is 3.55. The first-order valence-electron chi connectivity index (χ1n) is 11.0. The number of urea groups is 1. The number of benzene rings is 2. The van der Waals surface area contributed by atoms with Crippen molar-refractivity contribution in [2.24, 2.45) is 22.6 Å². The van der Waals surface area contributed by atoms with Crippen molar-refractivity contribution in [2.45, 2.75) is 32.2 Å². The van der Waals surface area contributed by atoms with Gasteiger partial charge in [-0.2, -0.15) is 4.99 Å². The van der Waals surface area contributed by atoms with Crippen LogP contribution in [-0.2, 0) is 16.1 Å². The molecule has 0 saturated heterocycles. The third-order valence-corrected chi connectivity index (χ3v) is 5.93. The van der Waals surface area contributed by atoms with Crippen LogP contribution in [0.15, 0.2) is 41.4 Å². The van der Waals surface area contributed by atoms with E-state index in [2.05, 4.69) is 20.9 Å². The molecular formula is C24H26ClN5O4. The lowest BCUT2D eigenvalue weighted by Gasteiger charge is -2.12. The number of halogens is 1. The van der Waals surface area contributed by atoms with E-state index in [-0.39, 0.29) is 29.5 Å². The monoisotopic (exact) mass is 483 g/mol. The Morgan fingerprint density at radius 2 is 1.74 bits per heavy atom. The molecule has 2 saturated carbocycles. The van der Waals surface area contributed by atoms with Crippen LogP contribution in [0.1, 0.15) is 36.8 Å². The van der Waals surface area contributed by atoms with Crippen molar-refractivity contribution in [2.75, 3.05) is 17.7 Å². The molecule has 0 spiro atoms. The van der Waals surface area contributed by atoms with Crippen molar-refractivity contribution in [3.63, 3.8) is 0 Å². The van der Waals surface area contributed by atoms with E-state index in [1.165, 1.54) is 7.11 Å². The first-order chi connectivity index (χ1) is 16.3. The van der Waals surface area contributed by atoms with Crippen LogP contribution < -0.4 is 26.4 Å². The molecule has 0 unspecified atom stereocenters. The predicted octanol–water partition coefficient (Wildman–Crippen LogP) is 3.66. The van der Waals surface area contributed by atoms with Gasteiger partial charge in [0.2, 0.25) is 11.8 Å². The lowest BCUT2D eigenvalue weighted by Crippen LogP contribution is -2.24.